The SMILES string of the molecule is Cc1cccc(C)c1NC(=O)C1CCN(C(=O)c2cnn(-c3ccccc3)c2-n2cccc2)CC1. The molecule has 1 aliphatic heterocycles. The Morgan fingerprint density at radius 3 is 2.20 bits per heavy atom. The predicted octanol–water partition coefficient (Wildman–Crippen LogP) is 4.77. The summed E-state index contributed by atoms with van der Waals surface area (Å²) in [5, 5.41) is 7.66. The van der Waals surface area contributed by atoms with E-state index >= 15 is 0 Å². The maximum Gasteiger partial charge on any atom is 0.259 e. The zero-order chi connectivity index (χ0) is 24.4. The van der Waals surface area contributed by atoms with Crippen molar-refractivity contribution in [2.75, 3.05) is 18.4 Å². The van der Waals surface area contributed by atoms with E-state index in [1.54, 1.807) is 10.9 Å². The van der Waals surface area contributed by atoms with Crippen LogP contribution in [-0.2, 0) is 4.79 Å². The standard InChI is InChI=1S/C28H29N5O2/c1-20-9-8-10-21(2)25(20)30-26(34)22-13-17-32(18-14-22)28(35)24-19-29-33(23-11-4-3-5-12-23)27(24)31-15-6-7-16-31/h3-12,15-16,19,22H,13-14,17-18H2,1-2H3,(H,30,34). The van der Waals surface area contributed by atoms with Crippen molar-refractivity contribution in [3.8, 4) is 11.5 Å². The number of rotatable bonds is 5. The number of anilines is 1. The van der Waals surface area contributed by atoms with Crippen LogP contribution in [0.2, 0.25) is 0 Å². The summed E-state index contributed by atoms with van der Waals surface area (Å²) in [5.74, 6) is 0.555. The number of benzene rings is 2. The van der Waals surface area contributed by atoms with E-state index < -0.39 is 0 Å². The number of aromatic nitrogens is 3. The first kappa shape index (κ1) is 22.7. The van der Waals surface area contributed by atoms with Gasteiger partial charge in [-0.2, -0.15) is 5.10 Å². The number of aryl methyl sites for hydroxylation is 2. The number of para-hydroxylation sites is 2. The third kappa shape index (κ3) is 4.49. The minimum absolute atomic E-state index is 0.0272. The van der Waals surface area contributed by atoms with E-state index in [-0.39, 0.29) is 17.7 Å². The van der Waals surface area contributed by atoms with Crippen LogP contribution in [0.25, 0.3) is 11.5 Å². The Hall–Kier alpha value is -4.13. The molecule has 7 heteroatoms. The predicted molar refractivity (Wildman–Crippen MR) is 136 cm³/mol. The van der Waals surface area contributed by atoms with Crippen molar-refractivity contribution in [2.45, 2.75) is 26.7 Å². The van der Waals surface area contributed by atoms with Crippen molar-refractivity contribution in [1.82, 2.24) is 19.2 Å². The lowest BCUT2D eigenvalue weighted by Crippen LogP contribution is -2.41. The Kier molecular flexibility index (Phi) is 6.23. The maximum atomic E-state index is 13.6. The molecule has 2 amide bonds. The summed E-state index contributed by atoms with van der Waals surface area (Å²) >= 11 is 0. The fraction of sp³-hybridized carbons (Fsp3) is 0.250. The highest BCUT2D eigenvalue weighted by molar-refractivity contribution is 5.98. The quantitative estimate of drug-likeness (QED) is 0.460. The van der Waals surface area contributed by atoms with Gasteiger partial charge in [0.2, 0.25) is 5.91 Å². The average Bonchev–Trinajstić information content (AvgIpc) is 3.56. The third-order valence-electron chi connectivity index (χ3n) is 6.71. The molecule has 35 heavy (non-hydrogen) atoms. The third-order valence-corrected chi connectivity index (χ3v) is 6.71. The molecule has 1 N–H and O–H groups in total. The monoisotopic (exact) mass is 467 g/mol. The van der Waals surface area contributed by atoms with Crippen molar-refractivity contribution in [2.24, 2.45) is 5.92 Å². The lowest BCUT2D eigenvalue weighted by molar-refractivity contribution is -0.121. The molecule has 0 spiro atoms. The van der Waals surface area contributed by atoms with Crippen LogP contribution in [0.4, 0.5) is 5.69 Å². The van der Waals surface area contributed by atoms with Crippen molar-refractivity contribution in [3.63, 3.8) is 0 Å². The molecule has 1 aliphatic rings. The van der Waals surface area contributed by atoms with Gasteiger partial charge in [0.1, 0.15) is 5.56 Å². The minimum Gasteiger partial charge on any atom is -0.338 e. The van der Waals surface area contributed by atoms with Crippen LogP contribution >= 0.6 is 0 Å². The second kappa shape index (κ2) is 9.62. The van der Waals surface area contributed by atoms with E-state index in [1.807, 2.05) is 96.4 Å². The molecule has 4 aromatic rings. The highest BCUT2D eigenvalue weighted by Gasteiger charge is 2.30. The van der Waals surface area contributed by atoms with Crippen LogP contribution in [0.15, 0.2) is 79.3 Å². The summed E-state index contributed by atoms with van der Waals surface area (Å²) in [6, 6.07) is 19.6. The molecule has 3 heterocycles. The number of likely N-dealkylation sites (tertiary alicyclic amines) is 1. The number of nitrogens with one attached hydrogen (secondary N) is 1. The first-order chi connectivity index (χ1) is 17.0. The largest absolute Gasteiger partial charge is 0.338 e. The van der Waals surface area contributed by atoms with Crippen LogP contribution in [0, 0.1) is 19.8 Å². The summed E-state index contributed by atoms with van der Waals surface area (Å²) in [7, 11) is 0. The van der Waals surface area contributed by atoms with E-state index in [0.717, 1.165) is 22.5 Å². The van der Waals surface area contributed by atoms with E-state index in [1.165, 1.54) is 0 Å². The summed E-state index contributed by atoms with van der Waals surface area (Å²) in [6.45, 7) is 5.07. The van der Waals surface area contributed by atoms with Gasteiger partial charge in [0.15, 0.2) is 5.82 Å². The van der Waals surface area contributed by atoms with Gasteiger partial charge in [0, 0.05) is 37.1 Å². The van der Waals surface area contributed by atoms with Gasteiger partial charge < -0.3 is 14.8 Å². The number of hydrogen-bond donors (Lipinski definition) is 1. The van der Waals surface area contributed by atoms with E-state index in [9.17, 15) is 9.59 Å². The summed E-state index contributed by atoms with van der Waals surface area (Å²) < 4.78 is 3.70. The van der Waals surface area contributed by atoms with Gasteiger partial charge in [-0.3, -0.25) is 9.59 Å². The molecule has 1 saturated heterocycles. The van der Waals surface area contributed by atoms with Crippen molar-refractivity contribution >= 4 is 17.5 Å². The Bertz CT molecular complexity index is 1310. The van der Waals surface area contributed by atoms with Crippen molar-refractivity contribution in [3.05, 3.63) is 95.9 Å². The molecule has 1 fully saturated rings. The number of nitrogens with zero attached hydrogens (tertiary/aromatic N) is 4. The van der Waals surface area contributed by atoms with Gasteiger partial charge in [-0.25, -0.2) is 4.68 Å². The molecule has 0 unspecified atom stereocenters. The highest BCUT2D eigenvalue weighted by Crippen LogP contribution is 2.26. The first-order valence-electron chi connectivity index (χ1n) is 12.0. The van der Waals surface area contributed by atoms with Gasteiger partial charge in [-0.15, -0.1) is 0 Å². The van der Waals surface area contributed by atoms with Crippen LogP contribution in [-0.4, -0.2) is 44.2 Å². The van der Waals surface area contributed by atoms with E-state index in [4.69, 9.17) is 0 Å². The molecule has 0 saturated carbocycles. The number of amides is 2. The van der Waals surface area contributed by atoms with Crippen molar-refractivity contribution < 1.29 is 9.59 Å². The lowest BCUT2D eigenvalue weighted by atomic mass is 9.95. The number of carbonyl (C=O) groups is 2. The summed E-state index contributed by atoms with van der Waals surface area (Å²) in [6.07, 6.45) is 6.74. The number of piperidine rings is 1. The number of hydrogen-bond acceptors (Lipinski definition) is 3. The summed E-state index contributed by atoms with van der Waals surface area (Å²) in [5.41, 5.74) is 4.43. The topological polar surface area (TPSA) is 72.2 Å². The normalized spacial score (nSPS) is 14.2. The molecule has 0 radical (unpaired) electrons. The molecule has 5 rings (SSSR count). The van der Waals surface area contributed by atoms with Crippen LogP contribution in [0.1, 0.15) is 34.3 Å². The molecule has 2 aromatic carbocycles. The Labute approximate surface area is 205 Å². The maximum absolute atomic E-state index is 13.6. The fourth-order valence-corrected chi connectivity index (χ4v) is 4.73. The summed E-state index contributed by atoms with van der Waals surface area (Å²) in [4.78, 5) is 28.4. The van der Waals surface area contributed by atoms with Crippen LogP contribution in [0.5, 0.6) is 0 Å². The van der Waals surface area contributed by atoms with Gasteiger partial charge in [-0.05, 0) is 62.1 Å². The minimum atomic E-state index is -0.117. The second-order valence-corrected chi connectivity index (χ2v) is 9.04. The second-order valence-electron chi connectivity index (χ2n) is 9.04. The van der Waals surface area contributed by atoms with Crippen LogP contribution < -0.4 is 5.32 Å². The van der Waals surface area contributed by atoms with Gasteiger partial charge in [-0.1, -0.05) is 36.4 Å². The first-order valence-corrected chi connectivity index (χ1v) is 12.0. The molecule has 178 valence electrons. The Morgan fingerprint density at radius 1 is 0.886 bits per heavy atom. The lowest BCUT2D eigenvalue weighted by Gasteiger charge is -2.31. The molecule has 0 bridgehead atoms. The zero-order valence-electron chi connectivity index (χ0n) is 20.0. The van der Waals surface area contributed by atoms with Gasteiger partial charge in [0.05, 0.1) is 11.9 Å². The molecule has 2 aromatic heterocycles. The van der Waals surface area contributed by atoms with Gasteiger partial charge in [0.25, 0.3) is 5.91 Å². The highest BCUT2D eigenvalue weighted by atomic mass is 16.2. The molecular formula is C28H29N5O2. The average molecular weight is 468 g/mol. The molecule has 0 aliphatic carbocycles. The fourth-order valence-electron chi connectivity index (χ4n) is 4.73. The smallest absolute Gasteiger partial charge is 0.259 e. The Morgan fingerprint density at radius 2 is 1.54 bits per heavy atom. The van der Waals surface area contributed by atoms with E-state index in [2.05, 4.69) is 10.4 Å². The Balaban J connectivity index is 1.32. The van der Waals surface area contributed by atoms with Crippen molar-refractivity contribution in [1.29, 1.82) is 0 Å². The van der Waals surface area contributed by atoms with Crippen LogP contribution in [0.3, 0.4) is 0 Å². The van der Waals surface area contributed by atoms with E-state index in [0.29, 0.717) is 37.3 Å². The number of carbonyl (C=O) groups excluding carboxylic acids is 2. The zero-order valence-corrected chi connectivity index (χ0v) is 20.0. The molecular weight excluding hydrogens is 438 g/mol. The van der Waals surface area contributed by atoms with Gasteiger partial charge >= 0.3 is 0 Å². The molecule has 0 atom stereocenters. The molecule has 7 nitrogen and oxygen atoms in total.